The molecule has 0 bridgehead atoms. The molecule has 1 atom stereocenters. The molecule has 0 radical (unpaired) electrons. The molecule has 100 valence electrons. The van der Waals surface area contributed by atoms with Gasteiger partial charge in [0.05, 0.1) is 11.1 Å². The van der Waals surface area contributed by atoms with Crippen LogP contribution in [0.15, 0.2) is 16.6 Å². The van der Waals surface area contributed by atoms with Crippen molar-refractivity contribution >= 4 is 15.9 Å². The minimum absolute atomic E-state index is 0.136. The molecular weight excluding hydrogens is 298 g/mol. The first kappa shape index (κ1) is 13.6. The second-order valence-corrected chi connectivity index (χ2v) is 5.12. The standard InChI is InChI=1S/C13H18BrNO3/c1-2-10(8-16)15-7-9-5-11(14)13-12(6-9)17-3-4-18-13/h5-6,10,15-16H,2-4,7-8H2,1H3/t10-/m1/s1. The first-order valence-electron chi connectivity index (χ1n) is 6.16. The fraction of sp³-hybridized carbons (Fsp3) is 0.538. The highest BCUT2D eigenvalue weighted by Gasteiger charge is 2.16. The van der Waals surface area contributed by atoms with E-state index in [0.29, 0.717) is 19.8 Å². The third-order valence-electron chi connectivity index (χ3n) is 2.96. The molecule has 2 rings (SSSR count). The van der Waals surface area contributed by atoms with Gasteiger partial charge in [-0.2, -0.15) is 0 Å². The molecule has 1 aromatic rings. The van der Waals surface area contributed by atoms with E-state index < -0.39 is 0 Å². The van der Waals surface area contributed by atoms with Crippen molar-refractivity contribution in [3.8, 4) is 11.5 Å². The van der Waals surface area contributed by atoms with Gasteiger partial charge in [-0.3, -0.25) is 0 Å². The largest absolute Gasteiger partial charge is 0.486 e. The monoisotopic (exact) mass is 315 g/mol. The van der Waals surface area contributed by atoms with Gasteiger partial charge in [-0.25, -0.2) is 0 Å². The highest BCUT2D eigenvalue weighted by Crippen LogP contribution is 2.38. The third kappa shape index (κ3) is 3.16. The number of nitrogens with one attached hydrogen (secondary N) is 1. The number of benzene rings is 1. The van der Waals surface area contributed by atoms with Gasteiger partial charge in [-0.1, -0.05) is 6.92 Å². The zero-order valence-electron chi connectivity index (χ0n) is 10.4. The van der Waals surface area contributed by atoms with Crippen LogP contribution in [0.2, 0.25) is 0 Å². The first-order chi connectivity index (χ1) is 8.74. The Hall–Kier alpha value is -0.780. The highest BCUT2D eigenvalue weighted by atomic mass is 79.9. The van der Waals surface area contributed by atoms with Crippen molar-refractivity contribution in [2.24, 2.45) is 0 Å². The van der Waals surface area contributed by atoms with Gasteiger partial charge in [-0.15, -0.1) is 0 Å². The fourth-order valence-electron chi connectivity index (χ4n) is 1.87. The van der Waals surface area contributed by atoms with Gasteiger partial charge in [0, 0.05) is 12.6 Å². The van der Waals surface area contributed by atoms with Crippen LogP contribution in [-0.2, 0) is 6.54 Å². The first-order valence-corrected chi connectivity index (χ1v) is 6.96. The quantitative estimate of drug-likeness (QED) is 0.873. The lowest BCUT2D eigenvalue weighted by molar-refractivity contribution is 0.170. The molecule has 1 heterocycles. The summed E-state index contributed by atoms with van der Waals surface area (Å²) < 4.78 is 12.0. The SMILES string of the molecule is CC[C@H](CO)NCc1cc(Br)c2c(c1)OCCO2. The van der Waals surface area contributed by atoms with Gasteiger partial charge in [0.1, 0.15) is 13.2 Å². The van der Waals surface area contributed by atoms with Crippen LogP contribution in [0.3, 0.4) is 0 Å². The second-order valence-electron chi connectivity index (χ2n) is 4.27. The highest BCUT2D eigenvalue weighted by molar-refractivity contribution is 9.10. The Bertz CT molecular complexity index is 407. The summed E-state index contributed by atoms with van der Waals surface area (Å²) in [5.41, 5.74) is 1.11. The Morgan fingerprint density at radius 3 is 2.89 bits per heavy atom. The Labute approximate surface area is 115 Å². The molecule has 1 aliphatic heterocycles. The second kappa shape index (κ2) is 6.41. The van der Waals surface area contributed by atoms with E-state index >= 15 is 0 Å². The van der Waals surface area contributed by atoms with E-state index in [4.69, 9.17) is 14.6 Å². The van der Waals surface area contributed by atoms with E-state index in [1.807, 2.05) is 19.1 Å². The summed E-state index contributed by atoms with van der Waals surface area (Å²) in [6.45, 7) is 4.08. The van der Waals surface area contributed by atoms with E-state index in [0.717, 1.165) is 28.0 Å². The molecule has 18 heavy (non-hydrogen) atoms. The molecule has 0 fully saturated rings. The van der Waals surface area contributed by atoms with Gasteiger partial charge < -0.3 is 19.9 Å². The van der Waals surface area contributed by atoms with Crippen molar-refractivity contribution in [3.05, 3.63) is 22.2 Å². The maximum atomic E-state index is 9.13. The predicted molar refractivity (Wildman–Crippen MR) is 73.1 cm³/mol. The van der Waals surface area contributed by atoms with E-state index in [1.54, 1.807) is 0 Å². The summed E-state index contributed by atoms with van der Waals surface area (Å²) in [7, 11) is 0. The molecule has 0 saturated carbocycles. The number of rotatable bonds is 5. The number of halogens is 1. The van der Waals surface area contributed by atoms with Gasteiger partial charge in [0.2, 0.25) is 0 Å². The average Bonchev–Trinajstić information content (AvgIpc) is 2.40. The van der Waals surface area contributed by atoms with Gasteiger partial charge in [-0.05, 0) is 40.0 Å². The number of hydrogen-bond donors (Lipinski definition) is 2. The number of fused-ring (bicyclic) bond motifs is 1. The predicted octanol–water partition coefficient (Wildman–Crippen LogP) is 2.08. The molecule has 0 spiro atoms. The molecule has 0 aliphatic carbocycles. The molecule has 0 saturated heterocycles. The van der Waals surface area contributed by atoms with Crippen LogP contribution in [0.25, 0.3) is 0 Å². The Morgan fingerprint density at radius 2 is 2.17 bits per heavy atom. The van der Waals surface area contributed by atoms with Crippen LogP contribution in [0.4, 0.5) is 0 Å². The number of aliphatic hydroxyl groups is 1. The van der Waals surface area contributed by atoms with Crippen LogP contribution in [0, 0.1) is 0 Å². The average molecular weight is 316 g/mol. The number of aliphatic hydroxyl groups excluding tert-OH is 1. The van der Waals surface area contributed by atoms with Crippen molar-refractivity contribution in [2.45, 2.75) is 25.9 Å². The summed E-state index contributed by atoms with van der Waals surface area (Å²) in [6.07, 6.45) is 0.905. The lowest BCUT2D eigenvalue weighted by atomic mass is 10.1. The van der Waals surface area contributed by atoms with Crippen molar-refractivity contribution < 1.29 is 14.6 Å². The molecule has 1 aromatic carbocycles. The maximum absolute atomic E-state index is 9.13. The zero-order valence-corrected chi connectivity index (χ0v) is 12.0. The van der Waals surface area contributed by atoms with Crippen LogP contribution >= 0.6 is 15.9 Å². The van der Waals surface area contributed by atoms with E-state index in [1.165, 1.54) is 0 Å². The normalized spacial score (nSPS) is 15.5. The summed E-state index contributed by atoms with van der Waals surface area (Å²) >= 11 is 3.49. The van der Waals surface area contributed by atoms with E-state index in [-0.39, 0.29) is 12.6 Å². The Balaban J connectivity index is 2.07. The van der Waals surface area contributed by atoms with Crippen molar-refractivity contribution in [1.29, 1.82) is 0 Å². The van der Waals surface area contributed by atoms with E-state index in [2.05, 4.69) is 21.2 Å². The van der Waals surface area contributed by atoms with Gasteiger partial charge in [0.15, 0.2) is 11.5 Å². The molecule has 2 N–H and O–H groups in total. The molecular formula is C13H18BrNO3. The molecule has 1 aliphatic rings. The molecule has 0 unspecified atom stereocenters. The van der Waals surface area contributed by atoms with Crippen LogP contribution in [-0.4, -0.2) is 31.0 Å². The van der Waals surface area contributed by atoms with Gasteiger partial charge >= 0.3 is 0 Å². The van der Waals surface area contributed by atoms with Crippen molar-refractivity contribution in [1.82, 2.24) is 5.32 Å². The van der Waals surface area contributed by atoms with Crippen molar-refractivity contribution in [3.63, 3.8) is 0 Å². The van der Waals surface area contributed by atoms with Crippen LogP contribution < -0.4 is 14.8 Å². The summed E-state index contributed by atoms with van der Waals surface area (Å²) in [5.74, 6) is 1.56. The van der Waals surface area contributed by atoms with E-state index in [9.17, 15) is 0 Å². The number of ether oxygens (including phenoxy) is 2. The molecule has 5 heteroatoms. The third-order valence-corrected chi connectivity index (χ3v) is 3.55. The van der Waals surface area contributed by atoms with Crippen LogP contribution in [0.1, 0.15) is 18.9 Å². The fourth-order valence-corrected chi connectivity index (χ4v) is 2.47. The smallest absolute Gasteiger partial charge is 0.175 e. The summed E-state index contributed by atoms with van der Waals surface area (Å²) in [5, 5.41) is 12.4. The minimum Gasteiger partial charge on any atom is -0.486 e. The summed E-state index contributed by atoms with van der Waals surface area (Å²) in [4.78, 5) is 0. The Kier molecular flexibility index (Phi) is 4.86. The van der Waals surface area contributed by atoms with Gasteiger partial charge in [0.25, 0.3) is 0 Å². The van der Waals surface area contributed by atoms with Crippen molar-refractivity contribution in [2.75, 3.05) is 19.8 Å². The summed E-state index contributed by atoms with van der Waals surface area (Å²) in [6, 6.07) is 4.14. The minimum atomic E-state index is 0.136. The molecule has 4 nitrogen and oxygen atoms in total. The lowest BCUT2D eigenvalue weighted by Crippen LogP contribution is -2.31. The zero-order chi connectivity index (χ0) is 13.0. The maximum Gasteiger partial charge on any atom is 0.175 e. The molecule has 0 amide bonds. The molecule has 0 aromatic heterocycles. The van der Waals surface area contributed by atoms with Crippen LogP contribution in [0.5, 0.6) is 11.5 Å². The topological polar surface area (TPSA) is 50.7 Å². The number of hydrogen-bond acceptors (Lipinski definition) is 4. The lowest BCUT2D eigenvalue weighted by Gasteiger charge is -2.21. The Morgan fingerprint density at radius 1 is 1.39 bits per heavy atom.